The van der Waals surface area contributed by atoms with Gasteiger partial charge in [-0.05, 0) is 24.0 Å². The van der Waals surface area contributed by atoms with Crippen LogP contribution < -0.4 is 5.32 Å². The maximum absolute atomic E-state index is 3.42. The predicted octanol–water partition coefficient (Wildman–Crippen LogP) is 4.38. The van der Waals surface area contributed by atoms with E-state index in [-0.39, 0.29) is 0 Å². The Morgan fingerprint density at radius 3 is 2.36 bits per heavy atom. The van der Waals surface area contributed by atoms with E-state index in [1.807, 2.05) is 0 Å². The number of rotatable bonds is 10. The van der Waals surface area contributed by atoms with Crippen LogP contribution in [-0.4, -0.2) is 31.1 Å². The van der Waals surface area contributed by atoms with E-state index in [0.29, 0.717) is 0 Å². The molecule has 1 aliphatic rings. The molecule has 0 radical (unpaired) electrons. The number of benzene rings is 1. The normalized spacial score (nSPS) is 16.0. The van der Waals surface area contributed by atoms with E-state index in [0.717, 1.165) is 19.6 Å². The van der Waals surface area contributed by atoms with Crippen molar-refractivity contribution in [3.8, 4) is 0 Å². The van der Waals surface area contributed by atoms with Crippen molar-refractivity contribution in [3.63, 3.8) is 0 Å². The van der Waals surface area contributed by atoms with Crippen molar-refractivity contribution in [2.24, 2.45) is 0 Å². The fourth-order valence-electron chi connectivity index (χ4n) is 3.30. The van der Waals surface area contributed by atoms with Gasteiger partial charge in [0, 0.05) is 32.7 Å². The molecule has 1 saturated heterocycles. The summed E-state index contributed by atoms with van der Waals surface area (Å²) in [6.45, 7) is 8.04. The fraction of sp³-hybridized carbons (Fsp3) is 0.700. The minimum Gasteiger partial charge on any atom is -0.314 e. The summed E-state index contributed by atoms with van der Waals surface area (Å²) < 4.78 is 0. The van der Waals surface area contributed by atoms with E-state index in [9.17, 15) is 0 Å². The van der Waals surface area contributed by atoms with E-state index < -0.39 is 0 Å². The number of hydrogen-bond acceptors (Lipinski definition) is 2. The van der Waals surface area contributed by atoms with Gasteiger partial charge in [-0.3, -0.25) is 4.90 Å². The summed E-state index contributed by atoms with van der Waals surface area (Å²) in [5.74, 6) is 0. The van der Waals surface area contributed by atoms with Gasteiger partial charge in [0.1, 0.15) is 0 Å². The van der Waals surface area contributed by atoms with Gasteiger partial charge in [0.25, 0.3) is 0 Å². The Balaban J connectivity index is 1.65. The first-order valence-corrected chi connectivity index (χ1v) is 9.39. The minimum absolute atomic E-state index is 1.12. The largest absolute Gasteiger partial charge is 0.314 e. The first kappa shape index (κ1) is 17.5. The van der Waals surface area contributed by atoms with Crippen LogP contribution in [-0.2, 0) is 13.0 Å². The molecule has 2 heteroatoms. The summed E-state index contributed by atoms with van der Waals surface area (Å²) in [5, 5.41) is 3.42. The quantitative estimate of drug-likeness (QED) is 0.645. The number of aryl methyl sites for hydroxylation is 1. The van der Waals surface area contributed by atoms with Crippen LogP contribution in [0.15, 0.2) is 24.3 Å². The van der Waals surface area contributed by atoms with Crippen LogP contribution in [0, 0.1) is 0 Å². The maximum atomic E-state index is 3.42. The molecule has 2 rings (SSSR count). The second-order valence-electron chi connectivity index (χ2n) is 6.72. The van der Waals surface area contributed by atoms with Gasteiger partial charge in [0.2, 0.25) is 0 Å². The molecule has 22 heavy (non-hydrogen) atoms. The summed E-state index contributed by atoms with van der Waals surface area (Å²) >= 11 is 0. The lowest BCUT2D eigenvalue weighted by molar-refractivity contribution is 0.233. The van der Waals surface area contributed by atoms with Crippen molar-refractivity contribution < 1.29 is 0 Å². The first-order valence-electron chi connectivity index (χ1n) is 9.39. The highest BCUT2D eigenvalue weighted by molar-refractivity contribution is 5.23. The van der Waals surface area contributed by atoms with Crippen molar-refractivity contribution in [1.29, 1.82) is 0 Å². The highest BCUT2D eigenvalue weighted by Gasteiger charge is 2.09. The third-order valence-corrected chi connectivity index (χ3v) is 4.68. The van der Waals surface area contributed by atoms with Crippen molar-refractivity contribution in [2.75, 3.05) is 26.2 Å². The molecule has 124 valence electrons. The average Bonchev–Trinajstić information content (AvgIpc) is 2.55. The highest BCUT2D eigenvalue weighted by Crippen LogP contribution is 2.13. The molecule has 0 bridgehead atoms. The molecule has 0 amide bonds. The fourth-order valence-corrected chi connectivity index (χ4v) is 3.30. The van der Waals surface area contributed by atoms with Gasteiger partial charge in [0.05, 0.1) is 0 Å². The summed E-state index contributed by atoms with van der Waals surface area (Å²) in [4.78, 5) is 2.56. The summed E-state index contributed by atoms with van der Waals surface area (Å²) in [6, 6.07) is 9.27. The standard InChI is InChI=1S/C20H34N2/c1-2-3-4-5-6-7-8-10-19-11-9-12-20(17-19)18-22-15-13-21-14-16-22/h9,11-12,17,21H,2-8,10,13-16,18H2,1H3. The Morgan fingerprint density at radius 1 is 0.909 bits per heavy atom. The molecule has 1 N–H and O–H groups in total. The van der Waals surface area contributed by atoms with Gasteiger partial charge in [-0.15, -0.1) is 0 Å². The summed E-state index contributed by atoms with van der Waals surface area (Å²) in [6.07, 6.45) is 11.0. The zero-order valence-corrected chi connectivity index (χ0v) is 14.4. The zero-order chi connectivity index (χ0) is 15.5. The van der Waals surface area contributed by atoms with E-state index in [1.165, 1.54) is 75.6 Å². The van der Waals surface area contributed by atoms with Crippen molar-refractivity contribution >= 4 is 0 Å². The highest BCUT2D eigenvalue weighted by atomic mass is 15.2. The number of nitrogens with zero attached hydrogens (tertiary/aromatic N) is 1. The Labute approximate surface area is 137 Å². The molecule has 1 aliphatic heterocycles. The third-order valence-electron chi connectivity index (χ3n) is 4.68. The van der Waals surface area contributed by atoms with E-state index >= 15 is 0 Å². The molecular weight excluding hydrogens is 268 g/mol. The van der Waals surface area contributed by atoms with Gasteiger partial charge in [0.15, 0.2) is 0 Å². The van der Waals surface area contributed by atoms with Gasteiger partial charge in [-0.25, -0.2) is 0 Å². The third kappa shape index (κ3) is 6.93. The lowest BCUT2D eigenvalue weighted by Crippen LogP contribution is -2.42. The molecule has 0 unspecified atom stereocenters. The topological polar surface area (TPSA) is 15.3 Å². The Morgan fingerprint density at radius 2 is 1.59 bits per heavy atom. The molecule has 0 spiro atoms. The number of hydrogen-bond donors (Lipinski definition) is 1. The predicted molar refractivity (Wildman–Crippen MR) is 96.3 cm³/mol. The van der Waals surface area contributed by atoms with Gasteiger partial charge < -0.3 is 5.32 Å². The summed E-state index contributed by atoms with van der Waals surface area (Å²) in [5.41, 5.74) is 3.02. The smallest absolute Gasteiger partial charge is 0.0234 e. The SMILES string of the molecule is CCCCCCCCCc1cccc(CN2CCNCC2)c1. The van der Waals surface area contributed by atoms with Gasteiger partial charge in [-0.1, -0.05) is 69.7 Å². The van der Waals surface area contributed by atoms with E-state index in [2.05, 4.69) is 41.4 Å². The molecule has 1 aromatic rings. The maximum Gasteiger partial charge on any atom is 0.0234 e. The second kappa shape index (κ2) is 10.8. The van der Waals surface area contributed by atoms with Crippen molar-refractivity contribution in [1.82, 2.24) is 10.2 Å². The molecule has 0 aromatic heterocycles. The molecule has 0 saturated carbocycles. The molecule has 1 aromatic carbocycles. The number of nitrogens with one attached hydrogen (secondary N) is 1. The second-order valence-corrected chi connectivity index (χ2v) is 6.72. The molecule has 2 nitrogen and oxygen atoms in total. The lowest BCUT2D eigenvalue weighted by atomic mass is 10.0. The van der Waals surface area contributed by atoms with Crippen LogP contribution in [0.25, 0.3) is 0 Å². The average molecular weight is 303 g/mol. The van der Waals surface area contributed by atoms with E-state index in [4.69, 9.17) is 0 Å². The summed E-state index contributed by atoms with van der Waals surface area (Å²) in [7, 11) is 0. The van der Waals surface area contributed by atoms with Crippen LogP contribution in [0.2, 0.25) is 0 Å². The van der Waals surface area contributed by atoms with Gasteiger partial charge >= 0.3 is 0 Å². The van der Waals surface area contributed by atoms with Gasteiger partial charge in [-0.2, -0.15) is 0 Å². The molecular formula is C20H34N2. The van der Waals surface area contributed by atoms with Crippen molar-refractivity contribution in [3.05, 3.63) is 35.4 Å². The first-order chi connectivity index (χ1) is 10.9. The zero-order valence-electron chi connectivity index (χ0n) is 14.4. The van der Waals surface area contributed by atoms with Crippen LogP contribution in [0.3, 0.4) is 0 Å². The van der Waals surface area contributed by atoms with Crippen molar-refractivity contribution in [2.45, 2.75) is 64.8 Å². The Bertz CT molecular complexity index is 396. The number of piperazine rings is 1. The van der Waals surface area contributed by atoms with Crippen LogP contribution in [0.1, 0.15) is 63.0 Å². The van der Waals surface area contributed by atoms with Crippen LogP contribution in [0.4, 0.5) is 0 Å². The Hall–Kier alpha value is -0.860. The minimum atomic E-state index is 1.12. The molecule has 0 aliphatic carbocycles. The number of unbranched alkanes of at least 4 members (excludes halogenated alkanes) is 6. The molecule has 1 heterocycles. The molecule has 1 fully saturated rings. The lowest BCUT2D eigenvalue weighted by Gasteiger charge is -2.27. The van der Waals surface area contributed by atoms with Crippen LogP contribution >= 0.6 is 0 Å². The Kier molecular flexibility index (Phi) is 8.59. The van der Waals surface area contributed by atoms with Crippen LogP contribution in [0.5, 0.6) is 0 Å². The molecule has 0 atom stereocenters. The van der Waals surface area contributed by atoms with E-state index in [1.54, 1.807) is 0 Å². The monoisotopic (exact) mass is 302 g/mol.